The molecule has 0 aliphatic heterocycles. The van der Waals surface area contributed by atoms with Crippen LogP contribution in [0.1, 0.15) is 5.56 Å². The van der Waals surface area contributed by atoms with Crippen LogP contribution in [0.15, 0.2) is 78.9 Å². The molecule has 0 radical (unpaired) electrons. The number of hydrogen-bond donors (Lipinski definition) is 2. The molecule has 5 nitrogen and oxygen atoms in total. The molecular weight excluding hydrogens is 370 g/mol. The summed E-state index contributed by atoms with van der Waals surface area (Å²) in [6.45, 7) is 0. The van der Waals surface area contributed by atoms with Crippen molar-refractivity contribution in [2.75, 3.05) is 17.3 Å². The van der Waals surface area contributed by atoms with E-state index in [9.17, 15) is 4.79 Å². The molecule has 1 amide bonds. The number of primary amides is 1. The lowest BCUT2D eigenvalue weighted by Gasteiger charge is -2.28. The Bertz CT molecular complexity index is 976. The molecule has 0 fully saturated rings. The number of thiocarbonyl (C=S) groups is 1. The Morgan fingerprint density at radius 3 is 2.36 bits per heavy atom. The lowest BCUT2D eigenvalue weighted by molar-refractivity contribution is -0.117. The summed E-state index contributed by atoms with van der Waals surface area (Å²) in [6.07, 6.45) is 0.122. The van der Waals surface area contributed by atoms with Crippen LogP contribution < -0.4 is 20.7 Å². The molecule has 0 aliphatic rings. The van der Waals surface area contributed by atoms with E-state index in [2.05, 4.69) is 5.32 Å². The number of hydrogen-bond acceptors (Lipinski definition) is 3. The number of carbonyl (C=O) groups is 1. The Labute approximate surface area is 169 Å². The van der Waals surface area contributed by atoms with Crippen LogP contribution in [0.4, 0.5) is 17.1 Å². The summed E-state index contributed by atoms with van der Waals surface area (Å²) in [5.74, 6) is 0.285. The van der Waals surface area contributed by atoms with Gasteiger partial charge in [-0.05, 0) is 48.1 Å². The highest BCUT2D eigenvalue weighted by Gasteiger charge is 2.19. The number of rotatable bonds is 6. The van der Waals surface area contributed by atoms with Gasteiger partial charge >= 0.3 is 0 Å². The first-order chi connectivity index (χ1) is 13.6. The molecule has 0 saturated carbocycles. The fourth-order valence-electron chi connectivity index (χ4n) is 2.93. The van der Waals surface area contributed by atoms with Gasteiger partial charge in [0.05, 0.1) is 24.9 Å². The van der Waals surface area contributed by atoms with Crippen LogP contribution in [0.5, 0.6) is 5.75 Å². The SMILES string of the molecule is COc1ccccc1NC(=S)N(c1ccccc1)c1ccccc1CC(N)=O. The highest BCUT2D eigenvalue weighted by atomic mass is 32.1. The molecule has 0 aliphatic carbocycles. The first-order valence-corrected chi connectivity index (χ1v) is 9.16. The fourth-order valence-corrected chi connectivity index (χ4v) is 3.24. The molecule has 0 heterocycles. The van der Waals surface area contributed by atoms with Gasteiger partial charge in [0.2, 0.25) is 5.91 Å². The second kappa shape index (κ2) is 9.01. The molecule has 3 aromatic rings. The summed E-state index contributed by atoms with van der Waals surface area (Å²) in [6, 6.07) is 24.8. The van der Waals surface area contributed by atoms with Gasteiger partial charge in [-0.2, -0.15) is 0 Å². The molecule has 0 unspecified atom stereocenters. The smallest absolute Gasteiger partial charge is 0.221 e. The van der Waals surface area contributed by atoms with Gasteiger partial charge in [0.25, 0.3) is 0 Å². The maximum atomic E-state index is 11.6. The Hall–Kier alpha value is -3.38. The number of para-hydroxylation sites is 4. The number of amides is 1. The third-order valence-electron chi connectivity index (χ3n) is 4.16. The molecule has 6 heteroatoms. The minimum Gasteiger partial charge on any atom is -0.495 e. The van der Waals surface area contributed by atoms with Gasteiger partial charge in [0, 0.05) is 5.69 Å². The summed E-state index contributed by atoms with van der Waals surface area (Å²) in [5.41, 5.74) is 8.65. The molecule has 3 N–H and O–H groups in total. The van der Waals surface area contributed by atoms with Crippen molar-refractivity contribution >= 4 is 40.3 Å². The van der Waals surface area contributed by atoms with E-state index in [1.54, 1.807) is 7.11 Å². The van der Waals surface area contributed by atoms with Crippen molar-refractivity contribution < 1.29 is 9.53 Å². The van der Waals surface area contributed by atoms with Gasteiger partial charge in [-0.3, -0.25) is 9.69 Å². The van der Waals surface area contributed by atoms with Crippen LogP contribution in [0.2, 0.25) is 0 Å². The average molecular weight is 391 g/mol. The predicted molar refractivity (Wildman–Crippen MR) is 117 cm³/mol. The summed E-state index contributed by atoms with van der Waals surface area (Å²) in [7, 11) is 1.61. The van der Waals surface area contributed by atoms with Crippen molar-refractivity contribution in [2.24, 2.45) is 5.73 Å². The number of benzene rings is 3. The van der Waals surface area contributed by atoms with Gasteiger partial charge in [-0.1, -0.05) is 48.5 Å². The lowest BCUT2D eigenvalue weighted by Crippen LogP contribution is -2.32. The molecular formula is C22H21N3O2S. The van der Waals surface area contributed by atoms with E-state index in [4.69, 9.17) is 22.7 Å². The van der Waals surface area contributed by atoms with Crippen LogP contribution in [0.3, 0.4) is 0 Å². The zero-order valence-corrected chi connectivity index (χ0v) is 16.3. The number of carbonyl (C=O) groups excluding carboxylic acids is 1. The van der Waals surface area contributed by atoms with Crippen molar-refractivity contribution in [2.45, 2.75) is 6.42 Å². The summed E-state index contributed by atoms with van der Waals surface area (Å²) in [4.78, 5) is 13.5. The fraction of sp³-hybridized carbons (Fsp3) is 0.0909. The van der Waals surface area contributed by atoms with E-state index in [0.717, 1.165) is 22.6 Å². The molecule has 3 rings (SSSR count). The first kappa shape index (κ1) is 19.4. The van der Waals surface area contributed by atoms with E-state index in [1.807, 2.05) is 83.8 Å². The number of nitrogens with two attached hydrogens (primary N) is 1. The van der Waals surface area contributed by atoms with E-state index in [0.29, 0.717) is 10.9 Å². The first-order valence-electron chi connectivity index (χ1n) is 8.75. The van der Waals surface area contributed by atoms with E-state index in [1.165, 1.54) is 0 Å². The van der Waals surface area contributed by atoms with Crippen LogP contribution in [-0.2, 0) is 11.2 Å². The lowest BCUT2D eigenvalue weighted by atomic mass is 10.1. The van der Waals surface area contributed by atoms with Crippen LogP contribution in [0.25, 0.3) is 0 Å². The maximum Gasteiger partial charge on any atom is 0.221 e. The Morgan fingerprint density at radius 1 is 1.00 bits per heavy atom. The number of anilines is 3. The normalized spacial score (nSPS) is 10.2. The summed E-state index contributed by atoms with van der Waals surface area (Å²) < 4.78 is 5.41. The number of nitrogens with one attached hydrogen (secondary N) is 1. The predicted octanol–water partition coefficient (Wildman–Crippen LogP) is 4.26. The van der Waals surface area contributed by atoms with E-state index < -0.39 is 5.91 Å². The second-order valence-electron chi connectivity index (χ2n) is 6.07. The third kappa shape index (κ3) is 4.47. The largest absolute Gasteiger partial charge is 0.495 e. The van der Waals surface area contributed by atoms with Gasteiger partial charge in [0.1, 0.15) is 5.75 Å². The molecule has 142 valence electrons. The molecule has 0 spiro atoms. The van der Waals surface area contributed by atoms with E-state index >= 15 is 0 Å². The van der Waals surface area contributed by atoms with Gasteiger partial charge < -0.3 is 15.8 Å². The minimum atomic E-state index is -0.399. The van der Waals surface area contributed by atoms with Gasteiger partial charge in [-0.15, -0.1) is 0 Å². The highest BCUT2D eigenvalue weighted by molar-refractivity contribution is 7.80. The number of nitrogens with zero attached hydrogens (tertiary/aromatic N) is 1. The molecule has 0 saturated heterocycles. The van der Waals surface area contributed by atoms with Gasteiger partial charge in [-0.25, -0.2) is 0 Å². The van der Waals surface area contributed by atoms with Crippen molar-refractivity contribution in [3.63, 3.8) is 0 Å². The third-order valence-corrected chi connectivity index (χ3v) is 4.45. The monoisotopic (exact) mass is 391 g/mol. The number of methoxy groups -OCH3 is 1. The van der Waals surface area contributed by atoms with E-state index in [-0.39, 0.29) is 6.42 Å². The summed E-state index contributed by atoms with van der Waals surface area (Å²) >= 11 is 5.75. The number of ether oxygens (including phenoxy) is 1. The molecule has 28 heavy (non-hydrogen) atoms. The zero-order chi connectivity index (χ0) is 19.9. The standard InChI is InChI=1S/C22H21N3O2S/c1-27-20-14-8-6-12-18(20)24-22(28)25(17-10-3-2-4-11-17)19-13-7-5-9-16(19)15-21(23)26/h2-14H,15H2,1H3,(H2,23,26)(H,24,28). The van der Waals surface area contributed by atoms with Crippen molar-refractivity contribution in [1.82, 2.24) is 0 Å². The summed E-state index contributed by atoms with van der Waals surface area (Å²) in [5, 5.41) is 3.71. The quantitative estimate of drug-likeness (QED) is 0.615. The van der Waals surface area contributed by atoms with Crippen molar-refractivity contribution in [3.05, 3.63) is 84.4 Å². The topological polar surface area (TPSA) is 67.6 Å². The molecule has 0 atom stereocenters. The Kier molecular flexibility index (Phi) is 6.24. The zero-order valence-electron chi connectivity index (χ0n) is 15.5. The highest BCUT2D eigenvalue weighted by Crippen LogP contribution is 2.31. The molecule has 0 bridgehead atoms. The maximum absolute atomic E-state index is 11.6. The van der Waals surface area contributed by atoms with Gasteiger partial charge in [0.15, 0.2) is 5.11 Å². The van der Waals surface area contributed by atoms with Crippen LogP contribution in [-0.4, -0.2) is 18.1 Å². The minimum absolute atomic E-state index is 0.122. The van der Waals surface area contributed by atoms with Crippen LogP contribution in [0, 0.1) is 0 Å². The Morgan fingerprint density at radius 2 is 1.64 bits per heavy atom. The average Bonchev–Trinajstić information content (AvgIpc) is 2.70. The Balaban J connectivity index is 2.04. The van der Waals surface area contributed by atoms with Crippen molar-refractivity contribution in [1.29, 1.82) is 0 Å². The molecule has 0 aromatic heterocycles. The van der Waals surface area contributed by atoms with Crippen molar-refractivity contribution in [3.8, 4) is 5.75 Å². The van der Waals surface area contributed by atoms with Crippen LogP contribution >= 0.6 is 12.2 Å². The second-order valence-corrected chi connectivity index (χ2v) is 6.46. The molecule has 3 aromatic carbocycles.